The van der Waals surface area contributed by atoms with Gasteiger partial charge in [-0.25, -0.2) is 0 Å². The molecular weight excluding hydrogens is 224 g/mol. The van der Waals surface area contributed by atoms with Gasteiger partial charge in [0.25, 0.3) is 0 Å². The Hall–Kier alpha value is -1.34. The van der Waals surface area contributed by atoms with Crippen LogP contribution < -0.4 is 5.73 Å². The highest BCUT2D eigenvalue weighted by Gasteiger charge is 2.22. The van der Waals surface area contributed by atoms with E-state index in [0.29, 0.717) is 6.54 Å². The van der Waals surface area contributed by atoms with Crippen molar-refractivity contribution in [2.24, 2.45) is 5.73 Å². The Morgan fingerprint density at radius 1 is 1.33 bits per heavy atom. The molecule has 0 atom stereocenters. The molecule has 0 bridgehead atoms. The summed E-state index contributed by atoms with van der Waals surface area (Å²) >= 11 is 0. The average Bonchev–Trinajstić information content (AvgIpc) is 2.37. The normalized spacial score (nSPS) is 11.2. The molecule has 0 aromatic heterocycles. The summed E-state index contributed by atoms with van der Waals surface area (Å²) in [6.07, 6.45) is 0. The van der Waals surface area contributed by atoms with Gasteiger partial charge in [-0.2, -0.15) is 0 Å². The smallest absolute Gasteiger partial charge is 0.0610 e. The molecule has 1 rings (SSSR count). The maximum atomic E-state index is 9.37. The Morgan fingerprint density at radius 3 is 2.61 bits per heavy atom. The molecule has 0 radical (unpaired) electrons. The largest absolute Gasteiger partial charge is 0.394 e. The van der Waals surface area contributed by atoms with Crippen LogP contribution in [0.25, 0.3) is 0 Å². The van der Waals surface area contributed by atoms with Gasteiger partial charge in [-0.15, -0.1) is 0 Å². The van der Waals surface area contributed by atoms with Crippen LogP contribution in [0.2, 0.25) is 0 Å². The first-order valence-corrected chi connectivity index (χ1v) is 6.10. The molecule has 98 valence electrons. The summed E-state index contributed by atoms with van der Waals surface area (Å²) in [5, 5.41) is 9.37. The molecule has 1 aromatic carbocycles. The van der Waals surface area contributed by atoms with Crippen LogP contribution in [-0.4, -0.2) is 35.7 Å². The van der Waals surface area contributed by atoms with Gasteiger partial charge < -0.3 is 10.8 Å². The highest BCUT2D eigenvalue weighted by molar-refractivity contribution is 5.41. The van der Waals surface area contributed by atoms with Crippen LogP contribution in [0.1, 0.15) is 25.0 Å². The van der Waals surface area contributed by atoms with Gasteiger partial charge in [-0.3, -0.25) is 4.90 Å². The van der Waals surface area contributed by atoms with E-state index in [1.807, 2.05) is 39.1 Å². The molecule has 0 aliphatic heterocycles. The molecule has 0 saturated carbocycles. The fraction of sp³-hybridized carbons (Fsp3) is 0.467. The number of hydrogen-bond acceptors (Lipinski definition) is 3. The number of benzene rings is 1. The number of aliphatic hydroxyl groups excluding tert-OH is 1. The zero-order valence-corrected chi connectivity index (χ0v) is 11.4. The van der Waals surface area contributed by atoms with Crippen LogP contribution in [0.15, 0.2) is 24.3 Å². The van der Waals surface area contributed by atoms with Crippen LogP contribution >= 0.6 is 0 Å². The lowest BCUT2D eigenvalue weighted by Gasteiger charge is -2.34. The van der Waals surface area contributed by atoms with Crippen LogP contribution in [-0.2, 0) is 6.54 Å². The SMILES string of the molecule is CN(Cc1ccccc1C#CCN)C(C)(C)CO. The van der Waals surface area contributed by atoms with Crippen molar-refractivity contribution in [1.29, 1.82) is 0 Å². The van der Waals surface area contributed by atoms with Crippen molar-refractivity contribution in [3.63, 3.8) is 0 Å². The van der Waals surface area contributed by atoms with Crippen LogP contribution in [0.3, 0.4) is 0 Å². The summed E-state index contributed by atoms with van der Waals surface area (Å²) in [5.41, 5.74) is 7.32. The third kappa shape index (κ3) is 3.85. The van der Waals surface area contributed by atoms with Crippen molar-refractivity contribution in [1.82, 2.24) is 4.90 Å². The minimum absolute atomic E-state index is 0.125. The van der Waals surface area contributed by atoms with E-state index in [2.05, 4.69) is 22.8 Å². The van der Waals surface area contributed by atoms with E-state index in [1.54, 1.807) is 0 Å². The molecule has 0 unspecified atom stereocenters. The maximum absolute atomic E-state index is 9.37. The van der Waals surface area contributed by atoms with Crippen molar-refractivity contribution >= 4 is 0 Å². The second-order valence-corrected chi connectivity index (χ2v) is 4.99. The van der Waals surface area contributed by atoms with Gasteiger partial charge in [0.15, 0.2) is 0 Å². The average molecular weight is 246 g/mol. The fourth-order valence-corrected chi connectivity index (χ4v) is 1.52. The van der Waals surface area contributed by atoms with Crippen LogP contribution in [0, 0.1) is 11.8 Å². The monoisotopic (exact) mass is 246 g/mol. The van der Waals surface area contributed by atoms with Gasteiger partial charge in [-0.1, -0.05) is 30.0 Å². The molecule has 0 heterocycles. The number of nitrogens with two attached hydrogens (primary N) is 1. The van der Waals surface area contributed by atoms with Crippen molar-refractivity contribution in [2.75, 3.05) is 20.2 Å². The van der Waals surface area contributed by atoms with E-state index in [0.717, 1.165) is 17.7 Å². The summed E-state index contributed by atoms with van der Waals surface area (Å²) in [7, 11) is 2.00. The van der Waals surface area contributed by atoms with E-state index in [9.17, 15) is 5.11 Å². The molecule has 0 aliphatic rings. The molecule has 0 aliphatic carbocycles. The predicted molar refractivity (Wildman–Crippen MR) is 75.0 cm³/mol. The van der Waals surface area contributed by atoms with Gasteiger partial charge in [0.1, 0.15) is 0 Å². The molecule has 0 saturated heterocycles. The van der Waals surface area contributed by atoms with Gasteiger partial charge in [0.05, 0.1) is 13.2 Å². The third-order valence-corrected chi connectivity index (χ3v) is 3.17. The summed E-state index contributed by atoms with van der Waals surface area (Å²) in [4.78, 5) is 2.12. The quantitative estimate of drug-likeness (QED) is 0.785. The molecule has 1 aromatic rings. The van der Waals surface area contributed by atoms with E-state index in [-0.39, 0.29) is 12.1 Å². The summed E-state index contributed by atoms with van der Waals surface area (Å²) < 4.78 is 0. The lowest BCUT2D eigenvalue weighted by molar-refractivity contribution is 0.0733. The van der Waals surface area contributed by atoms with Crippen molar-refractivity contribution in [3.8, 4) is 11.8 Å². The van der Waals surface area contributed by atoms with Gasteiger partial charge in [0, 0.05) is 17.6 Å². The molecule has 3 heteroatoms. The number of nitrogens with zero attached hydrogens (tertiary/aromatic N) is 1. The highest BCUT2D eigenvalue weighted by atomic mass is 16.3. The summed E-state index contributed by atoms with van der Waals surface area (Å²) in [6, 6.07) is 8.03. The van der Waals surface area contributed by atoms with E-state index < -0.39 is 0 Å². The Bertz CT molecular complexity index is 443. The molecular formula is C15H22N2O. The highest BCUT2D eigenvalue weighted by Crippen LogP contribution is 2.17. The zero-order valence-electron chi connectivity index (χ0n) is 11.4. The fourth-order valence-electron chi connectivity index (χ4n) is 1.52. The van der Waals surface area contributed by atoms with Crippen molar-refractivity contribution in [2.45, 2.75) is 25.9 Å². The maximum Gasteiger partial charge on any atom is 0.0610 e. The Morgan fingerprint density at radius 2 is 2.00 bits per heavy atom. The Labute approximate surface area is 110 Å². The molecule has 18 heavy (non-hydrogen) atoms. The number of hydrogen-bond donors (Lipinski definition) is 2. The first-order chi connectivity index (χ1) is 8.51. The second-order valence-electron chi connectivity index (χ2n) is 4.99. The Balaban J connectivity index is 2.91. The first kappa shape index (κ1) is 14.7. The van der Waals surface area contributed by atoms with Gasteiger partial charge >= 0.3 is 0 Å². The third-order valence-electron chi connectivity index (χ3n) is 3.17. The first-order valence-electron chi connectivity index (χ1n) is 6.10. The van der Waals surface area contributed by atoms with Crippen molar-refractivity contribution < 1.29 is 5.11 Å². The molecule has 3 nitrogen and oxygen atoms in total. The molecule has 3 N–H and O–H groups in total. The van der Waals surface area contributed by atoms with Gasteiger partial charge in [-0.05, 0) is 32.5 Å². The topological polar surface area (TPSA) is 49.5 Å². The lowest BCUT2D eigenvalue weighted by Crippen LogP contribution is -2.43. The zero-order chi connectivity index (χ0) is 13.6. The molecule has 0 fully saturated rings. The molecule has 0 amide bonds. The van der Waals surface area contributed by atoms with E-state index in [1.165, 1.54) is 0 Å². The summed E-state index contributed by atoms with van der Waals surface area (Å²) in [6.45, 7) is 5.28. The van der Waals surface area contributed by atoms with Crippen LogP contribution in [0.5, 0.6) is 0 Å². The summed E-state index contributed by atoms with van der Waals surface area (Å²) in [5.74, 6) is 5.96. The van der Waals surface area contributed by atoms with Gasteiger partial charge in [0.2, 0.25) is 0 Å². The second kappa shape index (κ2) is 6.55. The van der Waals surface area contributed by atoms with Crippen LogP contribution in [0.4, 0.5) is 0 Å². The predicted octanol–water partition coefficient (Wildman–Crippen LogP) is 1.20. The lowest BCUT2D eigenvalue weighted by atomic mass is 10.0. The number of rotatable bonds is 4. The van der Waals surface area contributed by atoms with E-state index >= 15 is 0 Å². The minimum atomic E-state index is -0.242. The number of aliphatic hydroxyl groups is 1. The Kier molecular flexibility index (Phi) is 5.36. The standard InChI is InChI=1S/C15H22N2O/c1-15(2,12-18)17(3)11-14-8-5-4-7-13(14)9-6-10-16/h4-5,7-8,18H,10-12,16H2,1-3H3. The number of likely N-dealkylation sites (N-methyl/N-ethyl adjacent to an activating group) is 1. The minimum Gasteiger partial charge on any atom is -0.394 e. The molecule has 0 spiro atoms. The van der Waals surface area contributed by atoms with E-state index in [4.69, 9.17) is 5.73 Å². The van der Waals surface area contributed by atoms with Crippen molar-refractivity contribution in [3.05, 3.63) is 35.4 Å².